The third kappa shape index (κ3) is 2.40. The van der Waals surface area contributed by atoms with E-state index in [-0.39, 0.29) is 11.7 Å². The highest BCUT2D eigenvalue weighted by Crippen LogP contribution is 2.39. The Bertz CT molecular complexity index is 738. The van der Waals surface area contributed by atoms with Crippen molar-refractivity contribution in [3.8, 4) is 6.01 Å². The van der Waals surface area contributed by atoms with Gasteiger partial charge >= 0.3 is 11.6 Å². The van der Waals surface area contributed by atoms with Crippen LogP contribution in [0, 0.1) is 0 Å². The molecule has 2 aliphatic rings. The quantitative estimate of drug-likeness (QED) is 0.921. The molecule has 0 aromatic carbocycles. The zero-order valence-corrected chi connectivity index (χ0v) is 13.0. The second-order valence-electron chi connectivity index (χ2n) is 6.47. The smallest absolute Gasteiger partial charge is 0.301 e. The van der Waals surface area contributed by atoms with Gasteiger partial charge < -0.3 is 9.72 Å². The van der Waals surface area contributed by atoms with Crippen LogP contribution in [0.15, 0.2) is 4.79 Å². The molecule has 6 nitrogen and oxygen atoms in total. The third-order valence-corrected chi connectivity index (χ3v) is 4.59. The van der Waals surface area contributed by atoms with Crippen molar-refractivity contribution in [3.05, 3.63) is 16.2 Å². The number of rotatable bonds is 5. The monoisotopic (exact) mass is 302 g/mol. The Hall–Kier alpha value is -1.85. The summed E-state index contributed by atoms with van der Waals surface area (Å²) in [5.41, 5.74) is 0.973. The van der Waals surface area contributed by atoms with Gasteiger partial charge in [-0.3, -0.25) is 9.36 Å². The normalized spacial score (nSPS) is 19.1. The number of aromatic amines is 1. The maximum Gasteiger partial charge on any atom is 0.301 e. The summed E-state index contributed by atoms with van der Waals surface area (Å²) in [5, 5.41) is 0. The maximum absolute atomic E-state index is 12.3. The van der Waals surface area contributed by atoms with Crippen LogP contribution in [0.3, 0.4) is 0 Å². The zero-order valence-electron chi connectivity index (χ0n) is 13.0. The molecule has 1 N–H and O–H groups in total. The largest absolute Gasteiger partial charge is 0.461 e. The summed E-state index contributed by atoms with van der Waals surface area (Å²) in [4.78, 5) is 24.4. The van der Waals surface area contributed by atoms with Gasteiger partial charge in [-0.25, -0.2) is 4.98 Å². The minimum atomic E-state index is -0.255. The molecular formula is C16H22N4O2. The Kier molecular flexibility index (Phi) is 3.39. The Morgan fingerprint density at radius 1 is 1.23 bits per heavy atom. The molecule has 0 unspecified atom stereocenters. The number of imidazole rings is 1. The molecule has 0 amide bonds. The van der Waals surface area contributed by atoms with Crippen LogP contribution in [-0.4, -0.2) is 25.6 Å². The first kappa shape index (κ1) is 13.8. The number of aromatic nitrogens is 4. The molecule has 4 rings (SSSR count). The molecule has 2 fully saturated rings. The van der Waals surface area contributed by atoms with E-state index in [1.54, 1.807) is 0 Å². The predicted molar refractivity (Wildman–Crippen MR) is 83.3 cm³/mol. The van der Waals surface area contributed by atoms with Gasteiger partial charge in [0.2, 0.25) is 0 Å². The van der Waals surface area contributed by atoms with E-state index in [9.17, 15) is 4.79 Å². The average Bonchev–Trinajstić information content (AvgIpc) is 3.05. The van der Waals surface area contributed by atoms with Crippen LogP contribution in [0.25, 0.3) is 11.2 Å². The lowest BCUT2D eigenvalue weighted by atomic mass is 10.3. The SMILES string of the molecule is CCCn1c(OC2CCCC2)nc(=O)c2[nH]c(C3CC3)nc21. The van der Waals surface area contributed by atoms with E-state index in [0.717, 1.165) is 44.5 Å². The fourth-order valence-corrected chi connectivity index (χ4v) is 3.24. The first-order chi connectivity index (χ1) is 10.8. The molecule has 0 radical (unpaired) electrons. The second kappa shape index (κ2) is 5.41. The molecule has 0 aliphatic heterocycles. The summed E-state index contributed by atoms with van der Waals surface area (Å²) in [7, 11) is 0. The van der Waals surface area contributed by atoms with Gasteiger partial charge in [-0.1, -0.05) is 6.92 Å². The van der Waals surface area contributed by atoms with Crippen LogP contribution in [0.2, 0.25) is 0 Å². The van der Waals surface area contributed by atoms with Crippen LogP contribution in [0.5, 0.6) is 6.01 Å². The van der Waals surface area contributed by atoms with Gasteiger partial charge in [0.05, 0.1) is 0 Å². The lowest BCUT2D eigenvalue weighted by molar-refractivity contribution is 0.181. The number of nitrogens with one attached hydrogen (secondary N) is 1. The van der Waals surface area contributed by atoms with Gasteiger partial charge in [0.15, 0.2) is 11.2 Å². The van der Waals surface area contributed by atoms with E-state index in [1.165, 1.54) is 12.8 Å². The molecule has 2 aromatic heterocycles. The summed E-state index contributed by atoms with van der Waals surface area (Å²) in [6.45, 7) is 2.87. The van der Waals surface area contributed by atoms with E-state index in [1.807, 2.05) is 4.57 Å². The van der Waals surface area contributed by atoms with E-state index in [2.05, 4.69) is 21.9 Å². The Labute approximate surface area is 128 Å². The van der Waals surface area contributed by atoms with Crippen molar-refractivity contribution in [3.63, 3.8) is 0 Å². The van der Waals surface area contributed by atoms with Crippen LogP contribution in [0.4, 0.5) is 0 Å². The molecule has 0 atom stereocenters. The topological polar surface area (TPSA) is 72.8 Å². The Morgan fingerprint density at radius 2 is 2.00 bits per heavy atom. The predicted octanol–water partition coefficient (Wildman–Crippen LogP) is 2.73. The summed E-state index contributed by atoms with van der Waals surface area (Å²) in [6.07, 6.45) is 7.93. The molecule has 0 saturated heterocycles. The lowest BCUT2D eigenvalue weighted by Crippen LogP contribution is -2.21. The van der Waals surface area contributed by atoms with Gasteiger partial charge in [0.25, 0.3) is 0 Å². The van der Waals surface area contributed by atoms with Gasteiger partial charge in [-0.05, 0) is 44.9 Å². The van der Waals surface area contributed by atoms with E-state index in [4.69, 9.17) is 4.74 Å². The minimum absolute atomic E-state index is 0.189. The third-order valence-electron chi connectivity index (χ3n) is 4.59. The van der Waals surface area contributed by atoms with Crippen molar-refractivity contribution in [2.75, 3.05) is 0 Å². The van der Waals surface area contributed by atoms with E-state index < -0.39 is 0 Å². The first-order valence-corrected chi connectivity index (χ1v) is 8.43. The number of hydrogen-bond acceptors (Lipinski definition) is 4. The first-order valence-electron chi connectivity index (χ1n) is 8.43. The van der Waals surface area contributed by atoms with Crippen LogP contribution in [0.1, 0.15) is 63.6 Å². The van der Waals surface area contributed by atoms with Crippen molar-refractivity contribution in [1.29, 1.82) is 0 Å². The van der Waals surface area contributed by atoms with Crippen LogP contribution in [-0.2, 0) is 6.54 Å². The molecule has 118 valence electrons. The fraction of sp³-hybridized carbons (Fsp3) is 0.688. The van der Waals surface area contributed by atoms with Crippen molar-refractivity contribution < 1.29 is 4.74 Å². The summed E-state index contributed by atoms with van der Waals surface area (Å²) >= 11 is 0. The number of nitrogens with zero attached hydrogens (tertiary/aromatic N) is 3. The molecule has 2 aromatic rings. The molecule has 0 spiro atoms. The Morgan fingerprint density at radius 3 is 2.68 bits per heavy atom. The van der Waals surface area contributed by atoms with Gasteiger partial charge in [0, 0.05) is 12.5 Å². The number of ether oxygens (including phenoxy) is 1. The van der Waals surface area contributed by atoms with Crippen molar-refractivity contribution >= 4 is 11.2 Å². The number of fused-ring (bicyclic) bond motifs is 1. The van der Waals surface area contributed by atoms with Crippen molar-refractivity contribution in [2.24, 2.45) is 0 Å². The van der Waals surface area contributed by atoms with Crippen molar-refractivity contribution in [2.45, 2.75) is 70.4 Å². The van der Waals surface area contributed by atoms with Crippen LogP contribution < -0.4 is 10.3 Å². The fourth-order valence-electron chi connectivity index (χ4n) is 3.24. The molecule has 0 bridgehead atoms. The van der Waals surface area contributed by atoms with E-state index in [0.29, 0.717) is 23.1 Å². The summed E-state index contributed by atoms with van der Waals surface area (Å²) < 4.78 is 8.00. The highest BCUT2D eigenvalue weighted by atomic mass is 16.5. The Balaban J connectivity index is 1.79. The highest BCUT2D eigenvalue weighted by Gasteiger charge is 2.29. The van der Waals surface area contributed by atoms with Crippen LogP contribution >= 0.6 is 0 Å². The van der Waals surface area contributed by atoms with Gasteiger partial charge in [-0.2, -0.15) is 4.98 Å². The van der Waals surface area contributed by atoms with Crippen molar-refractivity contribution in [1.82, 2.24) is 19.5 Å². The van der Waals surface area contributed by atoms with Gasteiger partial charge in [-0.15, -0.1) is 0 Å². The molecule has 6 heteroatoms. The van der Waals surface area contributed by atoms with Gasteiger partial charge in [0.1, 0.15) is 11.9 Å². The molecule has 2 heterocycles. The number of H-pyrrole nitrogens is 1. The maximum atomic E-state index is 12.3. The second-order valence-corrected chi connectivity index (χ2v) is 6.47. The standard InChI is InChI=1S/C16H22N4O2/c1-2-9-20-14-12(17-13(18-14)10-7-8-10)15(21)19-16(20)22-11-5-3-4-6-11/h10-11H,2-9H2,1H3,(H,17,18). The lowest BCUT2D eigenvalue weighted by Gasteiger charge is -2.16. The number of hydrogen-bond donors (Lipinski definition) is 1. The highest BCUT2D eigenvalue weighted by molar-refractivity contribution is 5.70. The molecule has 2 saturated carbocycles. The zero-order chi connectivity index (χ0) is 15.1. The molecular weight excluding hydrogens is 280 g/mol. The minimum Gasteiger partial charge on any atom is -0.461 e. The van der Waals surface area contributed by atoms with E-state index >= 15 is 0 Å². The number of aryl methyl sites for hydroxylation is 1. The molecule has 2 aliphatic carbocycles. The molecule has 22 heavy (non-hydrogen) atoms. The summed E-state index contributed by atoms with van der Waals surface area (Å²) in [6, 6.07) is 0.445. The summed E-state index contributed by atoms with van der Waals surface area (Å²) in [5.74, 6) is 1.41. The average molecular weight is 302 g/mol.